The molecule has 2 N–H and O–H groups in total. The summed E-state index contributed by atoms with van der Waals surface area (Å²) in [6.45, 7) is 1.55. The summed E-state index contributed by atoms with van der Waals surface area (Å²) in [5.74, 6) is -3.98. The molecule has 3 heterocycles. The van der Waals surface area contributed by atoms with E-state index in [1.165, 1.54) is 30.0 Å². The minimum atomic E-state index is -1.03. The number of likely N-dealkylation sites (N-methyl/N-ethyl adjacent to an activating group) is 1. The number of fused-ring (bicyclic) bond motifs is 1. The average Bonchev–Trinajstić information content (AvgIpc) is 3.53. The Labute approximate surface area is 274 Å². The van der Waals surface area contributed by atoms with Crippen molar-refractivity contribution in [2.45, 2.75) is 19.5 Å². The lowest BCUT2D eigenvalue weighted by Gasteiger charge is -2.16. The first-order valence-electron chi connectivity index (χ1n) is 15.2. The fourth-order valence-electron chi connectivity index (χ4n) is 5.22. The first-order valence-corrected chi connectivity index (χ1v) is 15.2. The van der Waals surface area contributed by atoms with Crippen molar-refractivity contribution in [3.05, 3.63) is 155 Å². The van der Waals surface area contributed by atoms with Crippen LogP contribution in [0.5, 0.6) is 0 Å². The number of pyridine rings is 2. The Morgan fingerprint density at radius 1 is 0.771 bits per heavy atom. The Kier molecular flexibility index (Phi) is 9.58. The Morgan fingerprint density at radius 2 is 1.58 bits per heavy atom. The summed E-state index contributed by atoms with van der Waals surface area (Å²) in [6, 6.07) is 24.8. The summed E-state index contributed by atoms with van der Waals surface area (Å²) in [4.78, 5) is 37.1. The lowest BCUT2D eigenvalue weighted by Crippen LogP contribution is -2.23. The number of imidazole rings is 1. The number of benzene rings is 3. The number of rotatable bonds is 11. The molecular formula is C37H31F3N6O2. The molecule has 0 saturated carbocycles. The maximum atomic E-state index is 14.7. The number of anilines is 1. The molecule has 0 bridgehead atoms. The Bertz CT molecular complexity index is 2080. The molecule has 0 aliphatic rings. The molecule has 3 aromatic heterocycles. The fraction of sp³-hybridized carbons (Fsp3) is 0.135. The maximum Gasteiger partial charge on any atom is 0.274 e. The highest BCUT2D eigenvalue weighted by molar-refractivity contribution is 6.04. The first kappa shape index (κ1) is 32.1. The fourth-order valence-corrected chi connectivity index (χ4v) is 5.22. The molecule has 0 fully saturated rings. The zero-order chi connectivity index (χ0) is 33.6. The number of nitrogens with zero attached hydrogens (tertiary/aromatic N) is 4. The second kappa shape index (κ2) is 14.3. The van der Waals surface area contributed by atoms with Crippen LogP contribution in [-0.4, -0.2) is 44.7 Å². The van der Waals surface area contributed by atoms with E-state index < -0.39 is 29.3 Å². The van der Waals surface area contributed by atoms with E-state index in [-0.39, 0.29) is 23.5 Å². The summed E-state index contributed by atoms with van der Waals surface area (Å²) in [7, 11) is 2.07. The minimum absolute atomic E-state index is 0.0653. The van der Waals surface area contributed by atoms with Crippen molar-refractivity contribution in [1.82, 2.24) is 24.6 Å². The largest absolute Gasteiger partial charge is 0.348 e. The van der Waals surface area contributed by atoms with Gasteiger partial charge in [0, 0.05) is 43.2 Å². The number of carbonyl (C=O) groups is 2. The SMILES string of the molecule is CN(CCc1ccccc1)Cc1ccc(-c2ccn3c(C(=O)Nc4cc(C(=O)NCc5ccc(F)c(F)c5)ccc4F)cnc3c2)cn1. The third kappa shape index (κ3) is 7.59. The monoisotopic (exact) mass is 648 g/mol. The van der Waals surface area contributed by atoms with E-state index in [4.69, 9.17) is 0 Å². The number of halogens is 3. The highest BCUT2D eigenvalue weighted by Gasteiger charge is 2.17. The topological polar surface area (TPSA) is 91.6 Å². The van der Waals surface area contributed by atoms with Gasteiger partial charge in [0.25, 0.3) is 11.8 Å². The van der Waals surface area contributed by atoms with Crippen molar-refractivity contribution < 1.29 is 22.8 Å². The van der Waals surface area contributed by atoms with Crippen LogP contribution in [-0.2, 0) is 19.5 Å². The molecule has 0 aliphatic carbocycles. The van der Waals surface area contributed by atoms with E-state index in [1.807, 2.05) is 48.7 Å². The van der Waals surface area contributed by atoms with Gasteiger partial charge in [-0.25, -0.2) is 18.2 Å². The van der Waals surface area contributed by atoms with Crippen LogP contribution in [0.25, 0.3) is 16.8 Å². The highest BCUT2D eigenvalue weighted by Crippen LogP contribution is 2.23. The van der Waals surface area contributed by atoms with Gasteiger partial charge in [-0.2, -0.15) is 0 Å². The minimum Gasteiger partial charge on any atom is -0.348 e. The molecule has 242 valence electrons. The number of aromatic nitrogens is 3. The molecule has 0 unspecified atom stereocenters. The van der Waals surface area contributed by atoms with Crippen LogP contribution in [0, 0.1) is 17.5 Å². The standard InChI is InChI=1S/C37H31F3N6O2/c1-45(15-13-24-5-3-2-4-6-24)23-29-10-8-28(21-41-29)26-14-16-46-34(22-42-35(46)19-26)37(48)44-33-18-27(9-12-31(33)39)36(47)43-20-25-7-11-30(38)32(40)17-25/h2-12,14,16-19,21-22H,13,15,20,23H2,1H3,(H,43,47)(H,44,48). The van der Waals surface area contributed by atoms with Gasteiger partial charge in [-0.1, -0.05) is 42.5 Å². The van der Waals surface area contributed by atoms with Gasteiger partial charge >= 0.3 is 0 Å². The molecule has 0 atom stereocenters. The van der Waals surface area contributed by atoms with Crippen LogP contribution >= 0.6 is 0 Å². The van der Waals surface area contributed by atoms with Crippen molar-refractivity contribution in [1.29, 1.82) is 0 Å². The van der Waals surface area contributed by atoms with Crippen LogP contribution in [0.3, 0.4) is 0 Å². The predicted octanol–water partition coefficient (Wildman–Crippen LogP) is 6.67. The zero-order valence-corrected chi connectivity index (χ0v) is 26.0. The Balaban J connectivity index is 1.09. The molecule has 48 heavy (non-hydrogen) atoms. The van der Waals surface area contributed by atoms with Gasteiger partial charge in [0.05, 0.1) is 17.6 Å². The Morgan fingerprint density at radius 3 is 2.35 bits per heavy atom. The molecule has 0 radical (unpaired) electrons. The summed E-state index contributed by atoms with van der Waals surface area (Å²) in [5.41, 5.74) is 4.88. The van der Waals surface area contributed by atoms with Gasteiger partial charge in [0.2, 0.25) is 0 Å². The van der Waals surface area contributed by atoms with E-state index in [1.54, 1.807) is 10.6 Å². The Hall–Kier alpha value is -5.81. The molecular weight excluding hydrogens is 617 g/mol. The quantitative estimate of drug-likeness (QED) is 0.164. The molecule has 0 spiro atoms. The van der Waals surface area contributed by atoms with Crippen LogP contribution in [0.1, 0.15) is 37.7 Å². The number of amides is 2. The number of hydrogen-bond donors (Lipinski definition) is 2. The predicted molar refractivity (Wildman–Crippen MR) is 177 cm³/mol. The van der Waals surface area contributed by atoms with E-state index in [2.05, 4.69) is 44.7 Å². The summed E-state index contributed by atoms with van der Waals surface area (Å²) in [5, 5.41) is 5.08. The van der Waals surface area contributed by atoms with Gasteiger partial charge in [0.15, 0.2) is 11.6 Å². The van der Waals surface area contributed by atoms with Crippen LogP contribution in [0.4, 0.5) is 18.9 Å². The summed E-state index contributed by atoms with van der Waals surface area (Å²) >= 11 is 0. The third-order valence-electron chi connectivity index (χ3n) is 7.87. The molecule has 6 aromatic rings. The van der Waals surface area contributed by atoms with E-state index in [9.17, 15) is 22.8 Å². The van der Waals surface area contributed by atoms with Crippen LogP contribution < -0.4 is 10.6 Å². The average molecular weight is 649 g/mol. The van der Waals surface area contributed by atoms with Gasteiger partial charge in [-0.15, -0.1) is 0 Å². The van der Waals surface area contributed by atoms with Crippen LogP contribution in [0.15, 0.2) is 110 Å². The maximum absolute atomic E-state index is 14.7. The van der Waals surface area contributed by atoms with Crippen molar-refractivity contribution in [2.75, 3.05) is 18.9 Å². The second-order valence-electron chi connectivity index (χ2n) is 11.4. The summed E-state index contributed by atoms with van der Waals surface area (Å²) in [6.07, 6.45) is 5.86. The van der Waals surface area contributed by atoms with Gasteiger partial charge in [-0.05, 0) is 78.7 Å². The smallest absolute Gasteiger partial charge is 0.274 e. The first-order chi connectivity index (χ1) is 23.2. The van der Waals surface area contributed by atoms with Crippen molar-refractivity contribution in [3.63, 3.8) is 0 Å². The molecule has 3 aromatic carbocycles. The molecule has 11 heteroatoms. The van der Waals surface area contributed by atoms with Gasteiger partial charge < -0.3 is 15.5 Å². The van der Waals surface area contributed by atoms with Crippen molar-refractivity contribution in [3.8, 4) is 11.1 Å². The van der Waals surface area contributed by atoms with E-state index >= 15 is 0 Å². The lowest BCUT2D eigenvalue weighted by atomic mass is 10.1. The normalized spacial score (nSPS) is 11.2. The molecule has 6 rings (SSSR count). The second-order valence-corrected chi connectivity index (χ2v) is 11.4. The van der Waals surface area contributed by atoms with Gasteiger partial charge in [0.1, 0.15) is 17.2 Å². The summed E-state index contributed by atoms with van der Waals surface area (Å²) < 4.78 is 42.9. The number of carbonyl (C=O) groups excluding carboxylic acids is 2. The van der Waals surface area contributed by atoms with E-state index in [0.717, 1.165) is 54.5 Å². The van der Waals surface area contributed by atoms with Crippen LogP contribution in [0.2, 0.25) is 0 Å². The number of nitrogens with one attached hydrogen (secondary N) is 2. The van der Waals surface area contributed by atoms with Gasteiger partial charge in [-0.3, -0.25) is 19.0 Å². The van der Waals surface area contributed by atoms with Crippen molar-refractivity contribution >= 4 is 23.1 Å². The number of hydrogen-bond acceptors (Lipinski definition) is 5. The molecule has 8 nitrogen and oxygen atoms in total. The zero-order valence-electron chi connectivity index (χ0n) is 26.0. The molecule has 0 aliphatic heterocycles. The molecule has 2 amide bonds. The van der Waals surface area contributed by atoms with E-state index in [0.29, 0.717) is 11.2 Å². The van der Waals surface area contributed by atoms with Crippen molar-refractivity contribution in [2.24, 2.45) is 0 Å². The highest BCUT2D eigenvalue weighted by atomic mass is 19.2. The molecule has 0 saturated heterocycles. The lowest BCUT2D eigenvalue weighted by molar-refractivity contribution is 0.0949. The third-order valence-corrected chi connectivity index (χ3v) is 7.87.